The molecule has 0 bridgehead atoms. The Kier molecular flexibility index (Phi) is 8.64. The van der Waals surface area contributed by atoms with Gasteiger partial charge in [-0.15, -0.1) is 0 Å². The predicted octanol–water partition coefficient (Wildman–Crippen LogP) is 5.33. The summed E-state index contributed by atoms with van der Waals surface area (Å²) in [6.07, 6.45) is 11.9. The van der Waals surface area contributed by atoms with Crippen molar-refractivity contribution in [2.75, 3.05) is 0 Å². The molecule has 90 valence electrons. The molecule has 1 N–H and O–H groups in total. The minimum absolute atomic E-state index is 0.123. The van der Waals surface area contributed by atoms with Crippen molar-refractivity contribution < 1.29 is 0 Å². The smallest absolute Gasteiger partial charge is 0.0757 e. The van der Waals surface area contributed by atoms with Gasteiger partial charge in [-0.25, -0.2) is 5.53 Å². The summed E-state index contributed by atoms with van der Waals surface area (Å²) in [7, 11) is 0. The van der Waals surface area contributed by atoms with Crippen LogP contribution in [0.5, 0.6) is 0 Å². The highest BCUT2D eigenvalue weighted by molar-refractivity contribution is 4.73. The van der Waals surface area contributed by atoms with Crippen molar-refractivity contribution in [1.82, 2.24) is 0 Å². The van der Waals surface area contributed by atoms with Gasteiger partial charge in [0.1, 0.15) is 0 Å². The molecule has 0 saturated heterocycles. The average molecular weight is 212 g/mol. The second-order valence-electron chi connectivity index (χ2n) is 5.15. The number of unbranched alkanes of at least 4 members (excludes halogenated alkanes) is 7. The summed E-state index contributed by atoms with van der Waals surface area (Å²) >= 11 is 0. The molecule has 0 heterocycles. The van der Waals surface area contributed by atoms with E-state index in [1.807, 2.05) is 13.8 Å². The monoisotopic (exact) mass is 212 g/mol. The highest BCUT2D eigenvalue weighted by atomic mass is 15.0. The largest absolute Gasteiger partial charge is 0.209 e. The third-order valence-electron chi connectivity index (χ3n) is 2.94. The van der Waals surface area contributed by atoms with Gasteiger partial charge in [-0.1, -0.05) is 58.3 Å². The van der Waals surface area contributed by atoms with Crippen LogP contribution in [-0.2, 0) is 0 Å². The maximum absolute atomic E-state index is 7.02. The van der Waals surface area contributed by atoms with Crippen molar-refractivity contribution in [3.8, 4) is 0 Å². The first-order chi connectivity index (χ1) is 7.12. The van der Waals surface area contributed by atoms with E-state index < -0.39 is 0 Å². The van der Waals surface area contributed by atoms with Crippen LogP contribution in [0, 0.1) is 5.53 Å². The van der Waals surface area contributed by atoms with E-state index in [-0.39, 0.29) is 5.54 Å². The molecule has 0 aliphatic rings. The zero-order chi connectivity index (χ0) is 11.6. The van der Waals surface area contributed by atoms with Crippen molar-refractivity contribution in [2.24, 2.45) is 5.11 Å². The van der Waals surface area contributed by atoms with Crippen molar-refractivity contribution in [3.63, 3.8) is 0 Å². The molecule has 0 radical (unpaired) electrons. The van der Waals surface area contributed by atoms with E-state index in [9.17, 15) is 0 Å². The highest BCUT2D eigenvalue weighted by Crippen LogP contribution is 2.18. The van der Waals surface area contributed by atoms with Crippen LogP contribution in [0.1, 0.15) is 78.6 Å². The quantitative estimate of drug-likeness (QED) is 0.375. The fourth-order valence-electron chi connectivity index (χ4n) is 1.75. The van der Waals surface area contributed by atoms with Crippen LogP contribution < -0.4 is 0 Å². The van der Waals surface area contributed by atoms with Gasteiger partial charge in [0.2, 0.25) is 0 Å². The Hall–Kier alpha value is -0.400. The molecule has 0 atom stereocenters. The molecule has 0 unspecified atom stereocenters. The Balaban J connectivity index is 3.15. The van der Waals surface area contributed by atoms with Crippen LogP contribution in [0.3, 0.4) is 0 Å². The summed E-state index contributed by atoms with van der Waals surface area (Å²) in [6, 6.07) is 0. The van der Waals surface area contributed by atoms with Gasteiger partial charge in [0.15, 0.2) is 0 Å². The van der Waals surface area contributed by atoms with Crippen molar-refractivity contribution in [2.45, 2.75) is 84.1 Å². The third-order valence-corrected chi connectivity index (χ3v) is 2.94. The topological polar surface area (TPSA) is 36.2 Å². The molecule has 0 fully saturated rings. The molecule has 0 aromatic rings. The zero-order valence-electron chi connectivity index (χ0n) is 10.8. The van der Waals surface area contributed by atoms with E-state index in [1.165, 1.54) is 51.4 Å². The van der Waals surface area contributed by atoms with Gasteiger partial charge >= 0.3 is 0 Å². The molecular formula is C13H28N2. The van der Waals surface area contributed by atoms with E-state index >= 15 is 0 Å². The van der Waals surface area contributed by atoms with Crippen molar-refractivity contribution in [3.05, 3.63) is 0 Å². The Bertz CT molecular complexity index is 153. The van der Waals surface area contributed by atoms with Crippen LogP contribution >= 0.6 is 0 Å². The highest BCUT2D eigenvalue weighted by Gasteiger charge is 2.14. The minimum atomic E-state index is -0.123. The van der Waals surface area contributed by atoms with E-state index in [0.717, 1.165) is 6.42 Å². The van der Waals surface area contributed by atoms with Crippen LogP contribution in [0.2, 0.25) is 0 Å². The molecule has 15 heavy (non-hydrogen) atoms. The summed E-state index contributed by atoms with van der Waals surface area (Å²) < 4.78 is 0. The number of hydrogen-bond acceptors (Lipinski definition) is 2. The molecule has 2 nitrogen and oxygen atoms in total. The Morgan fingerprint density at radius 2 is 1.33 bits per heavy atom. The number of rotatable bonds is 10. The summed E-state index contributed by atoms with van der Waals surface area (Å²) in [6.45, 7) is 6.34. The lowest BCUT2D eigenvalue weighted by Gasteiger charge is -2.16. The normalized spacial score (nSPS) is 11.7. The maximum atomic E-state index is 7.02. The second kappa shape index (κ2) is 8.87. The lowest BCUT2D eigenvalue weighted by molar-refractivity contribution is 0.418. The standard InChI is InChI=1S/C13H28N2/c1-4-5-6-7-8-9-10-11-12-13(2,3)15-14/h14H,4-12H2,1-3H3. The van der Waals surface area contributed by atoms with Gasteiger partial charge in [-0.05, 0) is 20.3 Å². The van der Waals surface area contributed by atoms with E-state index in [2.05, 4.69) is 12.0 Å². The molecule has 0 spiro atoms. The van der Waals surface area contributed by atoms with Crippen molar-refractivity contribution >= 4 is 0 Å². The van der Waals surface area contributed by atoms with E-state index in [0.29, 0.717) is 0 Å². The zero-order valence-corrected chi connectivity index (χ0v) is 10.8. The molecule has 0 amide bonds. The van der Waals surface area contributed by atoms with Crippen LogP contribution in [0.4, 0.5) is 0 Å². The van der Waals surface area contributed by atoms with Crippen molar-refractivity contribution in [1.29, 1.82) is 5.53 Å². The Labute approximate surface area is 95.4 Å². The van der Waals surface area contributed by atoms with Gasteiger partial charge in [0, 0.05) is 0 Å². The maximum Gasteiger partial charge on any atom is 0.0757 e. The van der Waals surface area contributed by atoms with Gasteiger partial charge in [0.25, 0.3) is 0 Å². The number of hydrogen-bond donors (Lipinski definition) is 1. The van der Waals surface area contributed by atoms with Crippen LogP contribution in [0.25, 0.3) is 0 Å². The first-order valence-corrected chi connectivity index (χ1v) is 6.51. The molecule has 0 aromatic heterocycles. The van der Waals surface area contributed by atoms with Gasteiger partial charge < -0.3 is 0 Å². The van der Waals surface area contributed by atoms with Gasteiger partial charge in [-0.3, -0.25) is 0 Å². The lowest BCUT2D eigenvalue weighted by atomic mass is 9.97. The number of nitrogens with zero attached hydrogens (tertiary/aromatic N) is 1. The Morgan fingerprint density at radius 1 is 0.867 bits per heavy atom. The molecular weight excluding hydrogens is 184 g/mol. The predicted molar refractivity (Wildman–Crippen MR) is 66.5 cm³/mol. The average Bonchev–Trinajstić information content (AvgIpc) is 2.22. The summed E-state index contributed by atoms with van der Waals surface area (Å²) in [5.41, 5.74) is 6.90. The van der Waals surface area contributed by atoms with E-state index in [4.69, 9.17) is 5.53 Å². The van der Waals surface area contributed by atoms with Crippen LogP contribution in [0.15, 0.2) is 5.11 Å². The van der Waals surface area contributed by atoms with E-state index in [1.54, 1.807) is 0 Å². The molecule has 0 aliphatic carbocycles. The summed E-state index contributed by atoms with van der Waals surface area (Å²) in [4.78, 5) is 0. The van der Waals surface area contributed by atoms with Crippen LogP contribution in [-0.4, -0.2) is 5.54 Å². The fourth-order valence-corrected chi connectivity index (χ4v) is 1.75. The van der Waals surface area contributed by atoms with Gasteiger partial charge in [0.05, 0.1) is 5.54 Å². The lowest BCUT2D eigenvalue weighted by Crippen LogP contribution is -2.14. The second-order valence-corrected chi connectivity index (χ2v) is 5.15. The fraction of sp³-hybridized carbons (Fsp3) is 1.00. The molecule has 0 saturated carbocycles. The van der Waals surface area contributed by atoms with Gasteiger partial charge in [-0.2, -0.15) is 5.11 Å². The summed E-state index contributed by atoms with van der Waals surface area (Å²) in [5, 5.41) is 3.63. The SMILES string of the molecule is CCCCCCCCCCC(C)(C)N=N. The molecule has 2 heteroatoms. The number of nitrogens with one attached hydrogen (secondary N) is 1. The molecule has 0 aromatic carbocycles. The molecule has 0 rings (SSSR count). The Morgan fingerprint density at radius 3 is 1.80 bits per heavy atom. The first-order valence-electron chi connectivity index (χ1n) is 6.51. The minimum Gasteiger partial charge on any atom is -0.209 e. The summed E-state index contributed by atoms with van der Waals surface area (Å²) in [5.74, 6) is 0. The first kappa shape index (κ1) is 14.6. The molecule has 0 aliphatic heterocycles. The third kappa shape index (κ3) is 9.89.